The number of nitrogens with one attached hydrogen (secondary N) is 1. The Morgan fingerprint density at radius 2 is 1.94 bits per heavy atom. The summed E-state index contributed by atoms with van der Waals surface area (Å²) in [7, 11) is 0. The number of benzene rings is 2. The number of amides is 1. The summed E-state index contributed by atoms with van der Waals surface area (Å²) >= 11 is 12.0. The molecule has 0 aliphatic carbocycles. The molecule has 1 amide bonds. The van der Waals surface area contributed by atoms with Crippen molar-refractivity contribution in [1.82, 2.24) is 4.90 Å². The lowest BCUT2D eigenvalue weighted by Crippen LogP contribution is -2.43. The number of carbonyl (C=O) groups excluding carboxylic acids is 1. The Kier molecular flexibility index (Phi) is 8.43. The molecule has 2 aromatic rings. The smallest absolute Gasteiger partial charge is 0.221 e. The van der Waals surface area contributed by atoms with Crippen molar-refractivity contribution in [2.75, 3.05) is 31.6 Å². The third kappa shape index (κ3) is 7.28. The normalized spacial score (nSPS) is 16.0. The molecule has 3 rings (SSSR count). The SMILES string of the molecule is CC(=O)Nc1ccc(C)cc1OCC(O)CN1CCC(Oc2ccc(Cl)c(Cl)c2)CC1. The average molecular weight is 467 g/mol. The largest absolute Gasteiger partial charge is 0.490 e. The van der Waals surface area contributed by atoms with Crippen molar-refractivity contribution >= 4 is 34.8 Å². The highest BCUT2D eigenvalue weighted by molar-refractivity contribution is 6.42. The highest BCUT2D eigenvalue weighted by Gasteiger charge is 2.23. The predicted molar refractivity (Wildman–Crippen MR) is 124 cm³/mol. The molecule has 0 aromatic heterocycles. The molecular weight excluding hydrogens is 439 g/mol. The Morgan fingerprint density at radius 1 is 1.19 bits per heavy atom. The summed E-state index contributed by atoms with van der Waals surface area (Å²) in [4.78, 5) is 13.6. The number of β-amino-alcohol motifs (C(OH)–C–C–N with tert-alkyl or cyclic N) is 1. The second-order valence-electron chi connectivity index (χ2n) is 7.84. The van der Waals surface area contributed by atoms with Gasteiger partial charge in [0.25, 0.3) is 0 Å². The van der Waals surface area contributed by atoms with Crippen LogP contribution in [0.4, 0.5) is 5.69 Å². The van der Waals surface area contributed by atoms with E-state index in [0.717, 1.165) is 37.2 Å². The van der Waals surface area contributed by atoms with Gasteiger partial charge in [-0.05, 0) is 49.6 Å². The van der Waals surface area contributed by atoms with Crippen LogP contribution in [0.25, 0.3) is 0 Å². The van der Waals surface area contributed by atoms with Gasteiger partial charge in [0.2, 0.25) is 5.91 Å². The van der Waals surface area contributed by atoms with Gasteiger partial charge >= 0.3 is 0 Å². The quantitative estimate of drug-likeness (QED) is 0.597. The van der Waals surface area contributed by atoms with Crippen LogP contribution in [0, 0.1) is 6.92 Å². The zero-order valence-corrected chi connectivity index (χ0v) is 19.2. The zero-order valence-electron chi connectivity index (χ0n) is 17.7. The van der Waals surface area contributed by atoms with Gasteiger partial charge in [-0.1, -0.05) is 29.3 Å². The lowest BCUT2D eigenvalue weighted by Gasteiger charge is -2.33. The van der Waals surface area contributed by atoms with E-state index in [9.17, 15) is 9.90 Å². The number of carbonyl (C=O) groups is 1. The van der Waals surface area contributed by atoms with Gasteiger partial charge < -0.3 is 24.8 Å². The molecule has 1 aliphatic rings. The second kappa shape index (κ2) is 11.0. The molecule has 1 fully saturated rings. The zero-order chi connectivity index (χ0) is 22.4. The van der Waals surface area contributed by atoms with E-state index in [0.29, 0.717) is 28.0 Å². The van der Waals surface area contributed by atoms with E-state index in [4.69, 9.17) is 32.7 Å². The fraction of sp³-hybridized carbons (Fsp3) is 0.435. The van der Waals surface area contributed by atoms with E-state index in [2.05, 4.69) is 10.2 Å². The molecular formula is C23H28Cl2N2O4. The molecule has 2 aromatic carbocycles. The number of ether oxygens (including phenoxy) is 2. The van der Waals surface area contributed by atoms with E-state index in [-0.39, 0.29) is 18.6 Å². The minimum atomic E-state index is -0.641. The number of nitrogens with zero attached hydrogens (tertiary/aromatic N) is 1. The van der Waals surface area contributed by atoms with Crippen LogP contribution in [0.2, 0.25) is 10.0 Å². The predicted octanol–water partition coefficient (Wildman–Crippen LogP) is 4.54. The lowest BCUT2D eigenvalue weighted by molar-refractivity contribution is -0.114. The number of piperidine rings is 1. The molecule has 0 saturated carbocycles. The lowest BCUT2D eigenvalue weighted by atomic mass is 10.1. The first-order chi connectivity index (χ1) is 14.8. The van der Waals surface area contributed by atoms with E-state index in [1.54, 1.807) is 18.2 Å². The summed E-state index contributed by atoms with van der Waals surface area (Å²) < 4.78 is 11.8. The third-order valence-corrected chi connectivity index (χ3v) is 5.82. The van der Waals surface area contributed by atoms with Gasteiger partial charge in [0.05, 0.1) is 15.7 Å². The summed E-state index contributed by atoms with van der Waals surface area (Å²) in [5.74, 6) is 1.11. The first kappa shape index (κ1) is 23.7. The highest BCUT2D eigenvalue weighted by Crippen LogP contribution is 2.28. The molecule has 0 spiro atoms. The second-order valence-corrected chi connectivity index (χ2v) is 8.65. The van der Waals surface area contributed by atoms with E-state index >= 15 is 0 Å². The minimum absolute atomic E-state index is 0.106. The van der Waals surface area contributed by atoms with Crippen molar-refractivity contribution in [1.29, 1.82) is 0 Å². The minimum Gasteiger partial charge on any atom is -0.490 e. The van der Waals surface area contributed by atoms with Crippen LogP contribution in [0.1, 0.15) is 25.3 Å². The van der Waals surface area contributed by atoms with Crippen LogP contribution in [-0.4, -0.2) is 54.4 Å². The number of aliphatic hydroxyl groups excluding tert-OH is 1. The number of likely N-dealkylation sites (tertiary alicyclic amines) is 1. The van der Waals surface area contributed by atoms with Gasteiger partial charge in [0.1, 0.15) is 30.3 Å². The maximum atomic E-state index is 11.4. The molecule has 1 unspecified atom stereocenters. The molecule has 8 heteroatoms. The van der Waals surface area contributed by atoms with E-state index in [1.165, 1.54) is 6.92 Å². The number of hydrogen-bond donors (Lipinski definition) is 2. The number of hydrogen-bond acceptors (Lipinski definition) is 5. The summed E-state index contributed by atoms with van der Waals surface area (Å²) in [6.45, 7) is 5.71. The van der Waals surface area contributed by atoms with Gasteiger partial charge in [0.15, 0.2) is 0 Å². The maximum absolute atomic E-state index is 11.4. The molecule has 1 saturated heterocycles. The molecule has 2 N–H and O–H groups in total. The highest BCUT2D eigenvalue weighted by atomic mass is 35.5. The van der Waals surface area contributed by atoms with Crippen LogP contribution in [0.3, 0.4) is 0 Å². The summed E-state index contributed by atoms with van der Waals surface area (Å²) in [5, 5.41) is 14.2. The Bertz CT molecular complexity index is 901. The Hall–Kier alpha value is -1.99. The van der Waals surface area contributed by atoms with Gasteiger partial charge in [-0.25, -0.2) is 0 Å². The number of halogens is 2. The number of aliphatic hydroxyl groups is 1. The summed E-state index contributed by atoms with van der Waals surface area (Å²) in [6, 6.07) is 10.8. The van der Waals surface area contributed by atoms with Crippen LogP contribution >= 0.6 is 23.2 Å². The third-order valence-electron chi connectivity index (χ3n) is 5.08. The van der Waals surface area contributed by atoms with Gasteiger partial charge in [-0.15, -0.1) is 0 Å². The molecule has 31 heavy (non-hydrogen) atoms. The molecule has 0 bridgehead atoms. The van der Waals surface area contributed by atoms with Crippen molar-refractivity contribution < 1.29 is 19.4 Å². The van der Waals surface area contributed by atoms with Crippen molar-refractivity contribution in [2.45, 2.75) is 38.9 Å². The first-order valence-electron chi connectivity index (χ1n) is 10.3. The topological polar surface area (TPSA) is 71.0 Å². The van der Waals surface area contributed by atoms with Gasteiger partial charge in [-0.2, -0.15) is 0 Å². The standard InChI is InChI=1S/C23H28Cl2N2O4/c1-15-3-6-22(26-16(2)28)23(11-15)30-14-17(29)13-27-9-7-18(8-10-27)31-19-4-5-20(24)21(25)12-19/h3-6,11-12,17-18,29H,7-10,13-14H2,1-2H3,(H,26,28). The van der Waals surface area contributed by atoms with E-state index < -0.39 is 6.10 Å². The maximum Gasteiger partial charge on any atom is 0.221 e. The molecule has 0 radical (unpaired) electrons. The van der Waals surface area contributed by atoms with Gasteiger partial charge in [-0.3, -0.25) is 4.79 Å². The molecule has 6 nitrogen and oxygen atoms in total. The van der Waals surface area contributed by atoms with Crippen LogP contribution < -0.4 is 14.8 Å². The number of rotatable bonds is 8. The summed E-state index contributed by atoms with van der Waals surface area (Å²) in [5.41, 5.74) is 1.62. The number of anilines is 1. The molecule has 1 aliphatic heterocycles. The Balaban J connectivity index is 1.44. The van der Waals surface area contributed by atoms with Crippen LogP contribution in [-0.2, 0) is 4.79 Å². The van der Waals surface area contributed by atoms with E-state index in [1.807, 2.05) is 25.1 Å². The Labute approximate surface area is 193 Å². The van der Waals surface area contributed by atoms with Crippen LogP contribution in [0.5, 0.6) is 11.5 Å². The summed E-state index contributed by atoms with van der Waals surface area (Å²) in [6.07, 6.45) is 1.18. The molecule has 1 atom stereocenters. The average Bonchev–Trinajstić information content (AvgIpc) is 2.72. The number of aryl methyl sites for hydroxylation is 1. The van der Waals surface area contributed by atoms with Crippen molar-refractivity contribution in [3.05, 3.63) is 52.0 Å². The first-order valence-corrected chi connectivity index (χ1v) is 11.1. The van der Waals surface area contributed by atoms with Crippen molar-refractivity contribution in [3.8, 4) is 11.5 Å². The van der Waals surface area contributed by atoms with Crippen molar-refractivity contribution in [2.24, 2.45) is 0 Å². The fourth-order valence-corrected chi connectivity index (χ4v) is 3.82. The molecule has 168 valence electrons. The van der Waals surface area contributed by atoms with Crippen LogP contribution in [0.15, 0.2) is 36.4 Å². The van der Waals surface area contributed by atoms with Crippen molar-refractivity contribution in [3.63, 3.8) is 0 Å². The molecule has 1 heterocycles. The monoisotopic (exact) mass is 466 g/mol. The van der Waals surface area contributed by atoms with Gasteiger partial charge in [0, 0.05) is 32.6 Å². The fourth-order valence-electron chi connectivity index (χ4n) is 3.53. The Morgan fingerprint density at radius 3 is 2.61 bits per heavy atom.